The SMILES string of the molecule is Cc1nnoc1C(=O)Nc1ccc(-c2cc(-c3ccno3)sc2C)cn1. The summed E-state index contributed by atoms with van der Waals surface area (Å²) in [5, 5.41) is 13.4. The monoisotopic (exact) mass is 367 g/mol. The number of rotatable bonds is 4. The van der Waals surface area contributed by atoms with E-state index < -0.39 is 5.91 Å². The molecule has 1 amide bonds. The second kappa shape index (κ2) is 6.52. The molecule has 1 N–H and O–H groups in total. The van der Waals surface area contributed by atoms with Gasteiger partial charge in [0, 0.05) is 28.0 Å². The second-order valence-corrected chi connectivity index (χ2v) is 6.79. The molecule has 0 fully saturated rings. The maximum atomic E-state index is 12.1. The Balaban J connectivity index is 1.55. The molecule has 0 spiro atoms. The molecule has 0 atom stereocenters. The summed E-state index contributed by atoms with van der Waals surface area (Å²) in [6, 6.07) is 7.50. The van der Waals surface area contributed by atoms with Crippen molar-refractivity contribution in [2.24, 2.45) is 0 Å². The highest BCUT2D eigenvalue weighted by Crippen LogP contribution is 2.36. The van der Waals surface area contributed by atoms with E-state index >= 15 is 0 Å². The summed E-state index contributed by atoms with van der Waals surface area (Å²) >= 11 is 1.62. The Morgan fingerprint density at radius 2 is 2.08 bits per heavy atom. The Kier molecular flexibility index (Phi) is 4.05. The van der Waals surface area contributed by atoms with E-state index in [9.17, 15) is 4.79 Å². The average Bonchev–Trinajstić information content (AvgIpc) is 3.36. The molecular weight excluding hydrogens is 354 g/mol. The van der Waals surface area contributed by atoms with Crippen LogP contribution in [-0.4, -0.2) is 26.4 Å². The number of anilines is 1. The number of carbonyl (C=O) groups excluding carboxylic acids is 1. The van der Waals surface area contributed by atoms with Crippen molar-refractivity contribution in [2.75, 3.05) is 5.32 Å². The van der Waals surface area contributed by atoms with E-state index in [1.807, 2.05) is 25.1 Å². The van der Waals surface area contributed by atoms with Crippen LogP contribution in [0.4, 0.5) is 5.82 Å². The minimum absolute atomic E-state index is 0.0706. The summed E-state index contributed by atoms with van der Waals surface area (Å²) in [7, 11) is 0. The van der Waals surface area contributed by atoms with Gasteiger partial charge in [0.25, 0.3) is 5.91 Å². The molecule has 0 aromatic carbocycles. The molecule has 4 rings (SSSR count). The van der Waals surface area contributed by atoms with Gasteiger partial charge in [-0.25, -0.2) is 4.98 Å². The first-order valence-electron chi connectivity index (χ1n) is 7.70. The highest BCUT2D eigenvalue weighted by atomic mass is 32.1. The fraction of sp³-hybridized carbons (Fsp3) is 0.118. The van der Waals surface area contributed by atoms with Crippen molar-refractivity contribution in [3.05, 3.63) is 53.0 Å². The Morgan fingerprint density at radius 3 is 2.73 bits per heavy atom. The van der Waals surface area contributed by atoms with Crippen LogP contribution in [0.2, 0.25) is 0 Å². The molecule has 26 heavy (non-hydrogen) atoms. The molecule has 0 aliphatic rings. The maximum absolute atomic E-state index is 12.1. The Morgan fingerprint density at radius 1 is 1.19 bits per heavy atom. The smallest absolute Gasteiger partial charge is 0.297 e. The molecule has 130 valence electrons. The topological polar surface area (TPSA) is 107 Å². The van der Waals surface area contributed by atoms with E-state index in [2.05, 4.69) is 25.8 Å². The van der Waals surface area contributed by atoms with E-state index in [1.165, 1.54) is 0 Å². The third-order valence-corrected chi connectivity index (χ3v) is 4.84. The van der Waals surface area contributed by atoms with Crippen molar-refractivity contribution in [2.45, 2.75) is 13.8 Å². The van der Waals surface area contributed by atoms with Crippen molar-refractivity contribution in [1.29, 1.82) is 0 Å². The van der Waals surface area contributed by atoms with Crippen LogP contribution >= 0.6 is 11.3 Å². The van der Waals surface area contributed by atoms with Gasteiger partial charge in [0.2, 0.25) is 5.76 Å². The lowest BCUT2D eigenvalue weighted by Gasteiger charge is -2.04. The average molecular weight is 367 g/mol. The van der Waals surface area contributed by atoms with Gasteiger partial charge in [-0.2, -0.15) is 0 Å². The first kappa shape index (κ1) is 16.2. The van der Waals surface area contributed by atoms with Gasteiger partial charge < -0.3 is 14.4 Å². The van der Waals surface area contributed by atoms with Gasteiger partial charge in [-0.1, -0.05) is 5.16 Å². The molecule has 0 saturated carbocycles. The fourth-order valence-electron chi connectivity index (χ4n) is 2.47. The molecule has 4 aromatic heterocycles. The highest BCUT2D eigenvalue weighted by Gasteiger charge is 2.17. The number of hydrogen-bond acceptors (Lipinski definition) is 8. The van der Waals surface area contributed by atoms with Gasteiger partial charge >= 0.3 is 0 Å². The number of thiophene rings is 1. The number of aromatic nitrogens is 4. The van der Waals surface area contributed by atoms with Crippen LogP contribution in [0.5, 0.6) is 0 Å². The molecule has 4 aromatic rings. The number of aryl methyl sites for hydroxylation is 2. The van der Waals surface area contributed by atoms with Crippen LogP contribution in [0.25, 0.3) is 21.8 Å². The number of pyridine rings is 1. The summed E-state index contributed by atoms with van der Waals surface area (Å²) in [5.41, 5.74) is 2.43. The van der Waals surface area contributed by atoms with E-state index in [-0.39, 0.29) is 5.76 Å². The lowest BCUT2D eigenvalue weighted by atomic mass is 10.1. The van der Waals surface area contributed by atoms with Gasteiger partial charge in [0.05, 0.1) is 11.1 Å². The zero-order valence-electron chi connectivity index (χ0n) is 13.9. The summed E-state index contributed by atoms with van der Waals surface area (Å²) < 4.78 is 10.0. The zero-order valence-corrected chi connectivity index (χ0v) is 14.7. The maximum Gasteiger partial charge on any atom is 0.297 e. The molecule has 0 bridgehead atoms. The predicted molar refractivity (Wildman–Crippen MR) is 94.8 cm³/mol. The minimum atomic E-state index is -0.438. The van der Waals surface area contributed by atoms with E-state index in [1.54, 1.807) is 36.7 Å². The van der Waals surface area contributed by atoms with Gasteiger partial charge in [0.15, 0.2) is 5.76 Å². The third-order valence-electron chi connectivity index (χ3n) is 3.77. The van der Waals surface area contributed by atoms with Crippen LogP contribution in [-0.2, 0) is 0 Å². The van der Waals surface area contributed by atoms with Crippen LogP contribution in [0.15, 0.2) is 45.7 Å². The van der Waals surface area contributed by atoms with Crippen molar-refractivity contribution < 1.29 is 13.8 Å². The standard InChI is InChI=1S/C17H13N5O3S/c1-9-16(25-22-21-9)17(23)20-15-4-3-11(8-18-15)12-7-14(26-10(12)2)13-5-6-19-24-13/h3-8H,1-2H3,(H,18,20,23). The van der Waals surface area contributed by atoms with Crippen molar-refractivity contribution >= 4 is 23.1 Å². The molecule has 0 unspecified atom stereocenters. The van der Waals surface area contributed by atoms with E-state index in [0.717, 1.165) is 26.6 Å². The zero-order chi connectivity index (χ0) is 18.1. The van der Waals surface area contributed by atoms with Gasteiger partial charge in [-0.15, -0.1) is 16.4 Å². The van der Waals surface area contributed by atoms with Crippen molar-refractivity contribution in [3.8, 4) is 21.8 Å². The molecule has 4 heterocycles. The Labute approximate surface area is 151 Å². The Bertz CT molecular complexity index is 1050. The lowest BCUT2D eigenvalue weighted by molar-refractivity contribution is 0.0986. The van der Waals surface area contributed by atoms with Crippen LogP contribution in [0, 0.1) is 13.8 Å². The molecule has 0 saturated heterocycles. The summed E-state index contributed by atoms with van der Waals surface area (Å²) in [6.07, 6.45) is 3.33. The molecule has 8 nitrogen and oxygen atoms in total. The Hall–Kier alpha value is -3.33. The van der Waals surface area contributed by atoms with Gasteiger partial charge in [-0.3, -0.25) is 4.79 Å². The number of carbonyl (C=O) groups is 1. The first-order chi connectivity index (χ1) is 12.6. The van der Waals surface area contributed by atoms with Crippen LogP contribution in [0.1, 0.15) is 21.1 Å². The van der Waals surface area contributed by atoms with Gasteiger partial charge in [-0.05, 0) is 37.6 Å². The third kappa shape index (κ3) is 3.00. The second-order valence-electron chi connectivity index (χ2n) is 5.53. The van der Waals surface area contributed by atoms with Crippen LogP contribution < -0.4 is 5.32 Å². The quantitative estimate of drug-likeness (QED) is 0.586. The van der Waals surface area contributed by atoms with Crippen LogP contribution in [0.3, 0.4) is 0 Å². The lowest BCUT2D eigenvalue weighted by Crippen LogP contribution is -2.13. The first-order valence-corrected chi connectivity index (χ1v) is 8.51. The van der Waals surface area contributed by atoms with Crippen molar-refractivity contribution in [1.82, 2.24) is 20.5 Å². The fourth-order valence-corrected chi connectivity index (χ4v) is 3.47. The predicted octanol–water partition coefficient (Wildman–Crippen LogP) is 3.72. The summed E-state index contributed by atoms with van der Waals surface area (Å²) in [5.74, 6) is 0.781. The van der Waals surface area contributed by atoms with Gasteiger partial charge in [0.1, 0.15) is 11.5 Å². The van der Waals surface area contributed by atoms with Crippen molar-refractivity contribution in [3.63, 3.8) is 0 Å². The van der Waals surface area contributed by atoms with E-state index in [0.29, 0.717) is 11.5 Å². The normalized spacial score (nSPS) is 10.8. The number of nitrogens with one attached hydrogen (secondary N) is 1. The number of nitrogens with zero attached hydrogens (tertiary/aromatic N) is 4. The largest absolute Gasteiger partial charge is 0.355 e. The summed E-state index contributed by atoms with van der Waals surface area (Å²) in [6.45, 7) is 3.68. The molecular formula is C17H13N5O3S. The summed E-state index contributed by atoms with van der Waals surface area (Å²) in [4.78, 5) is 18.5. The highest BCUT2D eigenvalue weighted by molar-refractivity contribution is 7.15. The van der Waals surface area contributed by atoms with E-state index in [4.69, 9.17) is 9.05 Å². The molecule has 0 aliphatic heterocycles. The minimum Gasteiger partial charge on any atom is -0.355 e. The number of hydrogen-bond donors (Lipinski definition) is 1. The number of amides is 1. The molecule has 0 aliphatic carbocycles. The molecule has 0 radical (unpaired) electrons. The molecule has 9 heteroatoms.